The lowest BCUT2D eigenvalue weighted by molar-refractivity contribution is -0.152. The van der Waals surface area contributed by atoms with Crippen LogP contribution in [0.5, 0.6) is 0 Å². The van der Waals surface area contributed by atoms with Gasteiger partial charge in [-0.2, -0.15) is 0 Å². The van der Waals surface area contributed by atoms with Crippen LogP contribution >= 0.6 is 0 Å². The van der Waals surface area contributed by atoms with Gasteiger partial charge in [0, 0.05) is 31.4 Å². The molecule has 0 radical (unpaired) electrons. The molecule has 0 aromatic carbocycles. The quantitative estimate of drug-likeness (QED) is 0.891. The van der Waals surface area contributed by atoms with Crippen molar-refractivity contribution < 1.29 is 14.7 Å². The van der Waals surface area contributed by atoms with Crippen molar-refractivity contribution >= 4 is 11.9 Å². The zero-order valence-electron chi connectivity index (χ0n) is 14.7. The number of rotatable bonds is 5. The lowest BCUT2D eigenvalue weighted by Gasteiger charge is -2.57. The van der Waals surface area contributed by atoms with Crippen LogP contribution in [0.25, 0.3) is 0 Å². The fourth-order valence-electron chi connectivity index (χ4n) is 6.17. The van der Waals surface area contributed by atoms with E-state index in [0.29, 0.717) is 12.0 Å². The van der Waals surface area contributed by atoms with Crippen LogP contribution in [-0.4, -0.2) is 33.9 Å². The highest BCUT2D eigenvalue weighted by molar-refractivity contribution is 5.84. The summed E-state index contributed by atoms with van der Waals surface area (Å²) in [5.74, 6) is 1.32. The smallest absolute Gasteiger partial charge is 0.331 e. The molecule has 1 unspecified atom stereocenters. The zero-order chi connectivity index (χ0) is 17.6. The summed E-state index contributed by atoms with van der Waals surface area (Å²) in [6.07, 6.45) is 11.1. The molecule has 0 aliphatic heterocycles. The number of likely N-dealkylation sites (N-methyl/N-ethyl adjacent to an activating group) is 1. The molecule has 5 nitrogen and oxygen atoms in total. The molecule has 1 atom stereocenters. The maximum Gasteiger partial charge on any atom is 0.331 e. The molecule has 134 valence electrons. The van der Waals surface area contributed by atoms with Gasteiger partial charge in [0.2, 0.25) is 5.91 Å². The molecule has 1 amide bonds. The zero-order valence-corrected chi connectivity index (χ0v) is 14.7. The van der Waals surface area contributed by atoms with Gasteiger partial charge in [-0.3, -0.25) is 9.78 Å². The molecule has 1 heterocycles. The number of hydrogen-bond donors (Lipinski definition) is 1. The SMILES string of the molecule is CN(C(=O)CC12CC3CC(CC(C3)C1)C2)C(C(=O)O)c1cccnc1. The fraction of sp³-hybridized carbons (Fsp3) is 0.650. The summed E-state index contributed by atoms with van der Waals surface area (Å²) >= 11 is 0. The van der Waals surface area contributed by atoms with Gasteiger partial charge in [0.1, 0.15) is 0 Å². The maximum atomic E-state index is 13.0. The normalized spacial score (nSPS) is 33.9. The average molecular weight is 342 g/mol. The van der Waals surface area contributed by atoms with Crippen molar-refractivity contribution in [3.05, 3.63) is 30.1 Å². The van der Waals surface area contributed by atoms with Crippen molar-refractivity contribution in [2.75, 3.05) is 7.05 Å². The first-order valence-electron chi connectivity index (χ1n) is 9.34. The van der Waals surface area contributed by atoms with E-state index in [2.05, 4.69) is 4.98 Å². The Bertz CT molecular complexity index is 637. The van der Waals surface area contributed by atoms with Gasteiger partial charge in [-0.05, 0) is 67.8 Å². The number of aromatic nitrogens is 1. The molecular formula is C20H26N2O3. The van der Waals surface area contributed by atoms with Gasteiger partial charge >= 0.3 is 5.97 Å². The van der Waals surface area contributed by atoms with Crippen LogP contribution in [0.4, 0.5) is 0 Å². The molecule has 4 bridgehead atoms. The van der Waals surface area contributed by atoms with Gasteiger partial charge in [0.15, 0.2) is 6.04 Å². The summed E-state index contributed by atoms with van der Waals surface area (Å²) < 4.78 is 0. The van der Waals surface area contributed by atoms with E-state index in [1.807, 2.05) is 0 Å². The van der Waals surface area contributed by atoms with Crippen molar-refractivity contribution in [3.8, 4) is 0 Å². The topological polar surface area (TPSA) is 70.5 Å². The van der Waals surface area contributed by atoms with Crippen LogP contribution in [0.15, 0.2) is 24.5 Å². The number of aliphatic carboxylic acids is 1. The van der Waals surface area contributed by atoms with E-state index in [4.69, 9.17) is 0 Å². The van der Waals surface area contributed by atoms with Crippen LogP contribution in [0, 0.1) is 23.2 Å². The Morgan fingerprint density at radius 1 is 1.24 bits per heavy atom. The minimum atomic E-state index is -1.01. The standard InChI is InChI=1S/C20H26N2O3/c1-22(18(19(24)25)16-3-2-4-21-12-16)17(23)11-20-8-13-5-14(9-20)7-15(6-13)10-20/h2-4,12-15,18H,5-11H2,1H3,(H,24,25). The second kappa shape index (κ2) is 6.11. The third-order valence-corrected chi connectivity index (χ3v) is 6.71. The molecule has 1 aromatic heterocycles. The van der Waals surface area contributed by atoms with Gasteiger partial charge in [0.25, 0.3) is 0 Å². The number of carbonyl (C=O) groups is 2. The molecule has 5 heteroatoms. The van der Waals surface area contributed by atoms with E-state index in [0.717, 1.165) is 37.0 Å². The van der Waals surface area contributed by atoms with Crippen molar-refractivity contribution in [3.63, 3.8) is 0 Å². The predicted octanol–water partition coefficient (Wildman–Crippen LogP) is 3.27. The van der Waals surface area contributed by atoms with Gasteiger partial charge < -0.3 is 10.0 Å². The highest BCUT2D eigenvalue weighted by Gasteiger charge is 2.52. The van der Waals surface area contributed by atoms with Crippen molar-refractivity contribution in [2.45, 2.75) is 51.0 Å². The third-order valence-electron chi connectivity index (χ3n) is 6.71. The number of carbonyl (C=O) groups excluding carboxylic acids is 1. The lowest BCUT2D eigenvalue weighted by atomic mass is 9.49. The average Bonchev–Trinajstić information content (AvgIpc) is 2.53. The first-order chi connectivity index (χ1) is 12.0. The largest absolute Gasteiger partial charge is 0.479 e. The molecule has 0 saturated heterocycles. The number of pyridine rings is 1. The fourth-order valence-corrected chi connectivity index (χ4v) is 6.17. The minimum absolute atomic E-state index is 0.0433. The molecule has 1 N–H and O–H groups in total. The van der Waals surface area contributed by atoms with Crippen LogP contribution in [0.3, 0.4) is 0 Å². The Kier molecular flexibility index (Phi) is 4.05. The molecular weight excluding hydrogens is 316 g/mol. The van der Waals surface area contributed by atoms with Crippen molar-refractivity contribution in [1.29, 1.82) is 0 Å². The van der Waals surface area contributed by atoms with Gasteiger partial charge in [-0.25, -0.2) is 4.79 Å². The summed E-state index contributed by atoms with van der Waals surface area (Å²) in [6, 6.07) is 2.47. The first kappa shape index (κ1) is 16.6. The monoisotopic (exact) mass is 342 g/mol. The van der Waals surface area contributed by atoms with E-state index >= 15 is 0 Å². The summed E-state index contributed by atoms with van der Waals surface area (Å²) in [6.45, 7) is 0. The number of amides is 1. The summed E-state index contributed by atoms with van der Waals surface area (Å²) in [5, 5.41) is 9.65. The number of carboxylic acid groups (broad SMARTS) is 1. The molecule has 5 rings (SSSR count). The van der Waals surface area contributed by atoms with E-state index < -0.39 is 12.0 Å². The molecule has 0 spiro atoms. The number of hydrogen-bond acceptors (Lipinski definition) is 3. The molecule has 4 aliphatic carbocycles. The number of carboxylic acids is 1. The van der Waals surface area contributed by atoms with E-state index in [9.17, 15) is 14.7 Å². The Balaban J connectivity index is 1.51. The Hall–Kier alpha value is -1.91. The second-order valence-electron chi connectivity index (χ2n) is 8.63. The van der Waals surface area contributed by atoms with E-state index in [1.165, 1.54) is 30.4 Å². The van der Waals surface area contributed by atoms with Crippen LogP contribution < -0.4 is 0 Å². The van der Waals surface area contributed by atoms with Gasteiger partial charge in [0.05, 0.1) is 0 Å². The first-order valence-corrected chi connectivity index (χ1v) is 9.34. The third kappa shape index (κ3) is 3.05. The maximum absolute atomic E-state index is 13.0. The predicted molar refractivity (Wildman–Crippen MR) is 92.6 cm³/mol. The molecule has 4 saturated carbocycles. The summed E-state index contributed by atoms with van der Waals surface area (Å²) in [4.78, 5) is 30.2. The second-order valence-corrected chi connectivity index (χ2v) is 8.63. The lowest BCUT2D eigenvalue weighted by Crippen LogP contribution is -2.48. The van der Waals surface area contributed by atoms with Gasteiger partial charge in [-0.15, -0.1) is 0 Å². The van der Waals surface area contributed by atoms with E-state index in [-0.39, 0.29) is 11.3 Å². The Labute approximate surface area is 148 Å². The number of nitrogens with zero attached hydrogens (tertiary/aromatic N) is 2. The van der Waals surface area contributed by atoms with Crippen LogP contribution in [0.2, 0.25) is 0 Å². The highest BCUT2D eigenvalue weighted by atomic mass is 16.4. The Morgan fingerprint density at radius 3 is 2.32 bits per heavy atom. The molecule has 4 fully saturated rings. The van der Waals surface area contributed by atoms with Gasteiger partial charge in [-0.1, -0.05) is 6.07 Å². The molecule has 1 aromatic rings. The van der Waals surface area contributed by atoms with Crippen molar-refractivity contribution in [2.24, 2.45) is 23.2 Å². The van der Waals surface area contributed by atoms with Crippen LogP contribution in [-0.2, 0) is 9.59 Å². The summed E-state index contributed by atoms with van der Waals surface area (Å²) in [7, 11) is 1.62. The highest BCUT2D eigenvalue weighted by Crippen LogP contribution is 2.61. The van der Waals surface area contributed by atoms with E-state index in [1.54, 1.807) is 25.4 Å². The Morgan fingerprint density at radius 2 is 1.84 bits per heavy atom. The van der Waals surface area contributed by atoms with Crippen LogP contribution in [0.1, 0.15) is 56.6 Å². The minimum Gasteiger partial charge on any atom is -0.479 e. The molecule has 4 aliphatic rings. The summed E-state index contributed by atoms with van der Waals surface area (Å²) in [5.41, 5.74) is 0.675. The molecule has 25 heavy (non-hydrogen) atoms. The van der Waals surface area contributed by atoms with Crippen molar-refractivity contribution in [1.82, 2.24) is 9.88 Å².